The number of anilines is 1. The van der Waals surface area contributed by atoms with Gasteiger partial charge in [0.1, 0.15) is 6.26 Å². The van der Waals surface area contributed by atoms with Crippen LogP contribution in [0.4, 0.5) is 5.88 Å². The zero-order valence-corrected chi connectivity index (χ0v) is 14.6. The second kappa shape index (κ2) is 6.38. The zero-order chi connectivity index (χ0) is 14.9. The van der Waals surface area contributed by atoms with Crippen molar-refractivity contribution in [3.05, 3.63) is 21.3 Å². The molecule has 5 nitrogen and oxygen atoms in total. The highest BCUT2D eigenvalue weighted by Crippen LogP contribution is 2.30. The maximum atomic E-state index is 11.3. The van der Waals surface area contributed by atoms with Gasteiger partial charge in [-0.15, -0.1) is 0 Å². The van der Waals surface area contributed by atoms with Gasteiger partial charge in [-0.2, -0.15) is 0 Å². The molecule has 2 aromatic heterocycles. The molecule has 2 heterocycles. The Morgan fingerprint density at radius 3 is 2.70 bits per heavy atom. The topological polar surface area (TPSA) is 49.8 Å². The molecule has 0 spiro atoms. The van der Waals surface area contributed by atoms with E-state index in [9.17, 15) is 4.21 Å². The lowest BCUT2D eigenvalue weighted by Crippen LogP contribution is -2.31. The number of halogens is 1. The van der Waals surface area contributed by atoms with Crippen molar-refractivity contribution in [2.24, 2.45) is 0 Å². The molecular formula is C12H15BrN2O3S2. The predicted molar refractivity (Wildman–Crippen MR) is 87.0 cm³/mol. The van der Waals surface area contributed by atoms with Crippen molar-refractivity contribution in [3.63, 3.8) is 0 Å². The first-order valence-corrected chi connectivity index (χ1v) is 8.58. The van der Waals surface area contributed by atoms with Gasteiger partial charge in [-0.1, -0.05) is 12.2 Å². The van der Waals surface area contributed by atoms with Crippen LogP contribution in [0.2, 0.25) is 0 Å². The van der Waals surface area contributed by atoms with E-state index in [0.29, 0.717) is 34.6 Å². The lowest BCUT2D eigenvalue weighted by atomic mass is 10.4. The van der Waals surface area contributed by atoms with Crippen LogP contribution < -0.4 is 4.90 Å². The SMILES string of the molecule is CN(CCN(C)S(C)=O)c1cc(=S)c2occ(Br)c2o1. The third kappa shape index (κ3) is 3.30. The summed E-state index contributed by atoms with van der Waals surface area (Å²) in [7, 11) is 2.74. The van der Waals surface area contributed by atoms with Crippen molar-refractivity contribution >= 4 is 56.2 Å². The zero-order valence-electron chi connectivity index (χ0n) is 11.4. The standard InChI is InChI=1S/C12H15BrN2O3S2/c1-14(4-5-15(2)20(3)16)10-6-9(19)12-11(18-10)8(13)7-17-12/h6-7H,4-5H2,1-3H3. The number of hydrogen-bond donors (Lipinski definition) is 0. The van der Waals surface area contributed by atoms with E-state index in [-0.39, 0.29) is 0 Å². The number of furan rings is 1. The fourth-order valence-corrected chi connectivity index (χ4v) is 2.56. The summed E-state index contributed by atoms with van der Waals surface area (Å²) in [6.45, 7) is 1.34. The second-order valence-electron chi connectivity index (χ2n) is 4.39. The van der Waals surface area contributed by atoms with Crippen LogP contribution in [0.1, 0.15) is 0 Å². The Morgan fingerprint density at radius 1 is 1.35 bits per heavy atom. The number of rotatable bonds is 5. The molecule has 0 radical (unpaired) electrons. The molecule has 20 heavy (non-hydrogen) atoms. The first-order valence-electron chi connectivity index (χ1n) is 5.87. The van der Waals surface area contributed by atoms with Gasteiger partial charge in [-0.25, -0.2) is 8.51 Å². The van der Waals surface area contributed by atoms with Gasteiger partial charge in [0.25, 0.3) is 0 Å². The molecule has 8 heteroatoms. The summed E-state index contributed by atoms with van der Waals surface area (Å²) in [6.07, 6.45) is 3.21. The molecule has 110 valence electrons. The van der Waals surface area contributed by atoms with Crippen molar-refractivity contribution in [1.82, 2.24) is 4.31 Å². The molecular weight excluding hydrogens is 364 g/mol. The van der Waals surface area contributed by atoms with Crippen LogP contribution in [-0.2, 0) is 11.0 Å². The molecule has 0 saturated heterocycles. The molecule has 0 saturated carbocycles. The smallest absolute Gasteiger partial charge is 0.197 e. The molecule has 1 unspecified atom stereocenters. The molecule has 0 N–H and O–H groups in total. The molecule has 0 aliphatic heterocycles. The fourth-order valence-electron chi connectivity index (χ4n) is 1.62. The maximum absolute atomic E-state index is 11.3. The lowest BCUT2D eigenvalue weighted by Gasteiger charge is -2.20. The van der Waals surface area contributed by atoms with E-state index in [1.165, 1.54) is 0 Å². The second-order valence-corrected chi connectivity index (χ2v) is 7.15. The average molecular weight is 379 g/mol. The van der Waals surface area contributed by atoms with Crippen molar-refractivity contribution < 1.29 is 13.0 Å². The predicted octanol–water partition coefficient (Wildman–Crippen LogP) is 3.18. The van der Waals surface area contributed by atoms with E-state index >= 15 is 0 Å². The van der Waals surface area contributed by atoms with Gasteiger partial charge in [0.05, 0.1) is 20.0 Å². The number of nitrogens with zero attached hydrogens (tertiary/aromatic N) is 2. The van der Waals surface area contributed by atoms with Crippen LogP contribution in [0.25, 0.3) is 11.2 Å². The average Bonchev–Trinajstić information content (AvgIpc) is 2.77. The van der Waals surface area contributed by atoms with E-state index in [4.69, 9.17) is 21.1 Å². The minimum Gasteiger partial charge on any atom is -0.458 e. The normalized spacial score (nSPS) is 13.1. The molecule has 0 amide bonds. The Labute approximate surface area is 133 Å². The highest BCUT2D eigenvalue weighted by molar-refractivity contribution is 9.10. The quantitative estimate of drug-likeness (QED) is 0.747. The molecule has 0 bridgehead atoms. The molecule has 2 aromatic rings. The molecule has 1 atom stereocenters. The first kappa shape index (κ1) is 15.7. The molecule has 0 aromatic carbocycles. The molecule has 0 aliphatic carbocycles. The van der Waals surface area contributed by atoms with Crippen molar-refractivity contribution in [1.29, 1.82) is 0 Å². The summed E-state index contributed by atoms with van der Waals surface area (Å²) in [5.41, 5.74) is 1.17. The van der Waals surface area contributed by atoms with Crippen LogP contribution in [0.15, 0.2) is 25.6 Å². The van der Waals surface area contributed by atoms with Crippen LogP contribution in [0, 0.1) is 4.51 Å². The van der Waals surface area contributed by atoms with Crippen LogP contribution >= 0.6 is 28.1 Å². The number of hydrogen-bond acceptors (Lipinski definition) is 5. The minimum absolute atomic E-state index is 0.566. The van der Waals surface area contributed by atoms with Crippen molar-refractivity contribution in [2.75, 3.05) is 38.3 Å². The Kier molecular flexibility index (Phi) is 5.00. The Hall–Kier alpha value is -0.700. The molecule has 0 fully saturated rings. The van der Waals surface area contributed by atoms with E-state index in [0.717, 1.165) is 4.47 Å². The van der Waals surface area contributed by atoms with Gasteiger partial charge in [0, 0.05) is 32.5 Å². The van der Waals surface area contributed by atoms with E-state index < -0.39 is 11.0 Å². The molecule has 0 aliphatic rings. The monoisotopic (exact) mass is 378 g/mol. The summed E-state index contributed by atoms with van der Waals surface area (Å²) >= 11 is 8.66. The van der Waals surface area contributed by atoms with Crippen LogP contribution in [0.5, 0.6) is 0 Å². The van der Waals surface area contributed by atoms with Gasteiger partial charge in [0.2, 0.25) is 0 Å². The largest absolute Gasteiger partial charge is 0.458 e. The van der Waals surface area contributed by atoms with Crippen molar-refractivity contribution in [3.8, 4) is 0 Å². The summed E-state index contributed by atoms with van der Waals surface area (Å²) < 4.78 is 25.5. The van der Waals surface area contributed by atoms with Crippen LogP contribution in [0.3, 0.4) is 0 Å². The number of fused-ring (bicyclic) bond motifs is 1. The van der Waals surface area contributed by atoms with E-state index in [1.54, 1.807) is 22.9 Å². The van der Waals surface area contributed by atoms with Crippen LogP contribution in [-0.4, -0.2) is 42.0 Å². The van der Waals surface area contributed by atoms with Gasteiger partial charge in [-0.3, -0.25) is 0 Å². The summed E-state index contributed by atoms with van der Waals surface area (Å²) in [4.78, 5) is 1.93. The Bertz CT molecular complexity index is 698. The van der Waals surface area contributed by atoms with Gasteiger partial charge >= 0.3 is 0 Å². The van der Waals surface area contributed by atoms with Gasteiger partial charge in [0.15, 0.2) is 17.1 Å². The highest BCUT2D eigenvalue weighted by Gasteiger charge is 2.13. The Balaban J connectivity index is 2.22. The highest BCUT2D eigenvalue weighted by atomic mass is 79.9. The minimum atomic E-state index is -0.974. The van der Waals surface area contributed by atoms with Gasteiger partial charge in [-0.05, 0) is 23.0 Å². The van der Waals surface area contributed by atoms with Gasteiger partial charge < -0.3 is 13.7 Å². The molecule has 2 rings (SSSR count). The first-order chi connectivity index (χ1) is 9.40. The summed E-state index contributed by atoms with van der Waals surface area (Å²) in [6, 6.07) is 1.76. The van der Waals surface area contributed by atoms with E-state index in [1.807, 2.05) is 19.0 Å². The number of likely N-dealkylation sites (N-methyl/N-ethyl adjacent to an activating group) is 2. The summed E-state index contributed by atoms with van der Waals surface area (Å²) in [5, 5.41) is 0. The summed E-state index contributed by atoms with van der Waals surface area (Å²) in [5.74, 6) is 0.653. The third-order valence-electron chi connectivity index (χ3n) is 2.95. The fraction of sp³-hybridized carbons (Fsp3) is 0.417. The Morgan fingerprint density at radius 2 is 2.05 bits per heavy atom. The van der Waals surface area contributed by atoms with Crippen molar-refractivity contribution in [2.45, 2.75) is 0 Å². The van der Waals surface area contributed by atoms with E-state index in [2.05, 4.69) is 15.9 Å². The maximum Gasteiger partial charge on any atom is 0.197 e. The third-order valence-corrected chi connectivity index (χ3v) is 4.86. The lowest BCUT2D eigenvalue weighted by molar-refractivity contribution is 0.513.